The summed E-state index contributed by atoms with van der Waals surface area (Å²) >= 11 is 0. The van der Waals surface area contributed by atoms with Crippen LogP contribution in [0.1, 0.15) is 49.8 Å². The first-order valence-electron chi connectivity index (χ1n) is 8.76. The van der Waals surface area contributed by atoms with Gasteiger partial charge in [-0.05, 0) is 36.6 Å². The smallest absolute Gasteiger partial charge is 0.273 e. The zero-order valence-electron chi connectivity index (χ0n) is 13.4. The maximum absolute atomic E-state index is 11.8. The standard InChI is InChI=1S/C20H22N2O/c23-19-13-14-22-18-12-6-4-2-1-3-5-10-16(18)15-9-7-8-11-17(15)20(22)21-19/h7-9,11,13-14H,1-6,10,12H2. The van der Waals surface area contributed by atoms with E-state index in [1.165, 1.54) is 55.2 Å². The lowest BCUT2D eigenvalue weighted by molar-refractivity contribution is 0.575. The summed E-state index contributed by atoms with van der Waals surface area (Å²) in [4.78, 5) is 16.1. The zero-order chi connectivity index (χ0) is 15.6. The molecule has 4 rings (SSSR count). The molecule has 3 aromatic rings. The molecule has 0 N–H and O–H groups in total. The molecule has 0 atom stereocenters. The predicted molar refractivity (Wildman–Crippen MR) is 94.1 cm³/mol. The van der Waals surface area contributed by atoms with E-state index >= 15 is 0 Å². The number of fused-ring (bicyclic) bond motifs is 6. The molecule has 0 saturated carbocycles. The lowest BCUT2D eigenvalue weighted by atomic mass is 9.93. The second-order valence-electron chi connectivity index (χ2n) is 6.55. The molecule has 1 aliphatic carbocycles. The minimum absolute atomic E-state index is 0.157. The monoisotopic (exact) mass is 306 g/mol. The van der Waals surface area contributed by atoms with Gasteiger partial charge >= 0.3 is 0 Å². The van der Waals surface area contributed by atoms with Gasteiger partial charge in [-0.2, -0.15) is 4.98 Å². The van der Waals surface area contributed by atoms with E-state index < -0.39 is 0 Å². The van der Waals surface area contributed by atoms with Crippen molar-refractivity contribution < 1.29 is 0 Å². The van der Waals surface area contributed by atoms with Gasteiger partial charge in [0.25, 0.3) is 5.56 Å². The van der Waals surface area contributed by atoms with Gasteiger partial charge in [0.2, 0.25) is 0 Å². The molecular formula is C20H22N2O. The molecule has 2 aromatic heterocycles. The van der Waals surface area contributed by atoms with Gasteiger partial charge < -0.3 is 4.40 Å². The summed E-state index contributed by atoms with van der Waals surface area (Å²) in [6.07, 6.45) is 11.9. The molecule has 3 heteroatoms. The van der Waals surface area contributed by atoms with Crippen LogP contribution in [0.3, 0.4) is 0 Å². The lowest BCUT2D eigenvalue weighted by Gasteiger charge is -2.19. The van der Waals surface area contributed by atoms with Gasteiger partial charge in [-0.3, -0.25) is 4.79 Å². The molecule has 0 saturated heterocycles. The van der Waals surface area contributed by atoms with Crippen molar-refractivity contribution in [2.24, 2.45) is 0 Å². The van der Waals surface area contributed by atoms with Gasteiger partial charge in [-0.15, -0.1) is 0 Å². The third kappa shape index (κ3) is 2.65. The van der Waals surface area contributed by atoms with E-state index in [1.807, 2.05) is 12.3 Å². The van der Waals surface area contributed by atoms with Crippen molar-refractivity contribution in [3.05, 3.63) is 58.1 Å². The van der Waals surface area contributed by atoms with Crippen LogP contribution in [0.15, 0.2) is 41.3 Å². The maximum Gasteiger partial charge on any atom is 0.273 e. The van der Waals surface area contributed by atoms with Crippen molar-refractivity contribution in [3.8, 4) is 0 Å². The van der Waals surface area contributed by atoms with Crippen LogP contribution in [0.5, 0.6) is 0 Å². The lowest BCUT2D eigenvalue weighted by Crippen LogP contribution is -2.13. The average Bonchev–Trinajstić information content (AvgIpc) is 2.59. The second kappa shape index (κ2) is 6.15. The largest absolute Gasteiger partial charge is 0.305 e. The van der Waals surface area contributed by atoms with Crippen molar-refractivity contribution in [2.75, 3.05) is 0 Å². The van der Waals surface area contributed by atoms with Gasteiger partial charge in [0.15, 0.2) is 0 Å². The molecule has 0 radical (unpaired) electrons. The minimum Gasteiger partial charge on any atom is -0.305 e. The van der Waals surface area contributed by atoms with Crippen LogP contribution in [-0.4, -0.2) is 9.38 Å². The van der Waals surface area contributed by atoms with Crippen LogP contribution in [0, 0.1) is 0 Å². The first-order valence-corrected chi connectivity index (χ1v) is 8.76. The molecule has 0 fully saturated rings. The first kappa shape index (κ1) is 14.4. The maximum atomic E-state index is 11.8. The molecule has 118 valence electrons. The van der Waals surface area contributed by atoms with E-state index in [4.69, 9.17) is 0 Å². The number of hydrogen-bond donors (Lipinski definition) is 0. The van der Waals surface area contributed by atoms with Gasteiger partial charge in [0.1, 0.15) is 5.65 Å². The van der Waals surface area contributed by atoms with Crippen LogP contribution in [0.25, 0.3) is 16.4 Å². The van der Waals surface area contributed by atoms with Crippen LogP contribution in [0.2, 0.25) is 0 Å². The molecule has 2 heterocycles. The Morgan fingerprint density at radius 1 is 0.826 bits per heavy atom. The Balaban J connectivity index is 2.06. The van der Waals surface area contributed by atoms with Crippen LogP contribution in [-0.2, 0) is 12.8 Å². The van der Waals surface area contributed by atoms with Gasteiger partial charge in [0, 0.05) is 23.3 Å². The molecule has 23 heavy (non-hydrogen) atoms. The van der Waals surface area contributed by atoms with Gasteiger partial charge in [-0.1, -0.05) is 49.9 Å². The molecule has 0 spiro atoms. The van der Waals surface area contributed by atoms with Crippen molar-refractivity contribution in [1.82, 2.24) is 9.38 Å². The number of nitrogens with zero attached hydrogens (tertiary/aromatic N) is 2. The fraction of sp³-hybridized carbons (Fsp3) is 0.400. The SMILES string of the molecule is O=c1ccn2c3c(c4ccccc4c2n1)CCCCCCCC3. The molecular weight excluding hydrogens is 284 g/mol. The Morgan fingerprint density at radius 3 is 2.35 bits per heavy atom. The topological polar surface area (TPSA) is 34.4 Å². The van der Waals surface area contributed by atoms with E-state index in [1.54, 1.807) is 6.07 Å². The van der Waals surface area contributed by atoms with E-state index in [0.29, 0.717) is 0 Å². The summed E-state index contributed by atoms with van der Waals surface area (Å²) in [5.41, 5.74) is 3.47. The van der Waals surface area contributed by atoms with Crippen LogP contribution < -0.4 is 5.56 Å². The van der Waals surface area contributed by atoms with Gasteiger partial charge in [-0.25, -0.2) is 0 Å². The highest BCUT2D eigenvalue weighted by Gasteiger charge is 2.15. The fourth-order valence-corrected chi connectivity index (χ4v) is 3.91. The molecule has 0 amide bonds. The Labute approximate surface area is 136 Å². The summed E-state index contributed by atoms with van der Waals surface area (Å²) in [7, 11) is 0. The summed E-state index contributed by atoms with van der Waals surface area (Å²) in [6, 6.07) is 10.0. The van der Waals surface area contributed by atoms with E-state index in [-0.39, 0.29) is 5.56 Å². The number of benzene rings is 1. The minimum atomic E-state index is -0.157. The number of hydrogen-bond acceptors (Lipinski definition) is 2. The number of aromatic nitrogens is 2. The van der Waals surface area contributed by atoms with E-state index in [9.17, 15) is 4.79 Å². The highest BCUT2D eigenvalue weighted by molar-refractivity contribution is 5.96. The summed E-state index contributed by atoms with van der Waals surface area (Å²) in [5, 5.41) is 2.38. The Bertz CT molecular complexity index is 911. The summed E-state index contributed by atoms with van der Waals surface area (Å²) in [6.45, 7) is 0. The summed E-state index contributed by atoms with van der Waals surface area (Å²) in [5.74, 6) is 0. The van der Waals surface area contributed by atoms with Crippen LogP contribution in [0.4, 0.5) is 0 Å². The molecule has 0 bridgehead atoms. The Hall–Kier alpha value is -2.16. The number of aryl methyl sites for hydroxylation is 2. The Morgan fingerprint density at radius 2 is 1.52 bits per heavy atom. The third-order valence-electron chi connectivity index (χ3n) is 5.03. The molecule has 0 unspecified atom stereocenters. The fourth-order valence-electron chi connectivity index (χ4n) is 3.91. The molecule has 1 aromatic carbocycles. The van der Waals surface area contributed by atoms with E-state index in [0.717, 1.165) is 23.9 Å². The van der Waals surface area contributed by atoms with Crippen molar-refractivity contribution in [1.29, 1.82) is 0 Å². The van der Waals surface area contributed by atoms with Crippen LogP contribution >= 0.6 is 0 Å². The molecule has 1 aliphatic rings. The average molecular weight is 306 g/mol. The number of pyridine rings is 1. The first-order chi connectivity index (χ1) is 11.3. The highest BCUT2D eigenvalue weighted by Crippen LogP contribution is 2.29. The van der Waals surface area contributed by atoms with E-state index in [2.05, 4.69) is 27.6 Å². The third-order valence-corrected chi connectivity index (χ3v) is 5.03. The summed E-state index contributed by atoms with van der Waals surface area (Å²) < 4.78 is 2.17. The second-order valence-corrected chi connectivity index (χ2v) is 6.55. The quantitative estimate of drug-likeness (QED) is 0.581. The molecule has 3 nitrogen and oxygen atoms in total. The van der Waals surface area contributed by atoms with Crippen molar-refractivity contribution in [3.63, 3.8) is 0 Å². The van der Waals surface area contributed by atoms with Gasteiger partial charge in [0.05, 0.1) is 0 Å². The molecule has 0 aliphatic heterocycles. The normalized spacial score (nSPS) is 16.3. The predicted octanol–water partition coefficient (Wildman–Crippen LogP) is 4.29. The van der Waals surface area contributed by atoms with Crippen molar-refractivity contribution in [2.45, 2.75) is 51.4 Å². The number of rotatable bonds is 0. The Kier molecular flexibility index (Phi) is 3.86. The zero-order valence-corrected chi connectivity index (χ0v) is 13.4. The van der Waals surface area contributed by atoms with Crippen molar-refractivity contribution >= 4 is 16.4 Å². The highest BCUT2D eigenvalue weighted by atomic mass is 16.1.